The number of hydrogen-bond donors (Lipinski definition) is 0. The van der Waals surface area contributed by atoms with Crippen molar-refractivity contribution in [1.82, 2.24) is 0 Å². The Balaban J connectivity index is 1.44. The molecular weight excluding hydrogens is 584 g/mol. The summed E-state index contributed by atoms with van der Waals surface area (Å²) in [5, 5.41) is 0.430. The lowest BCUT2D eigenvalue weighted by atomic mass is 9.68. The van der Waals surface area contributed by atoms with Crippen LogP contribution in [0.2, 0.25) is 5.02 Å². The van der Waals surface area contributed by atoms with Gasteiger partial charge in [-0.25, -0.2) is 0 Å². The molecule has 2 aromatic carbocycles. The smallest absolute Gasteiger partial charge is 0.303 e. The summed E-state index contributed by atoms with van der Waals surface area (Å²) in [7, 11) is -1.69. The standard InChI is InChI=1S/C34H40ClN2O5S/c1-21-6-4-8-31(42-23(3)38)28-12-9-26(28)18-37-19-34(15-5-7-24-16-27(35)11-13-29(24)34)20-41-32-14-10-25(17-30(32)37)33(39)36-43(40)22(21)2/h4,8,10-11,13-14,16-17,21-22,26,28,31H,5-7,9,12,15,18-20H2,1-3H3/q-1/b8-4+/t21-,22+,26?,28+,31-,34-/m0/s1. The van der Waals surface area contributed by atoms with E-state index in [4.69, 9.17) is 21.1 Å². The summed E-state index contributed by atoms with van der Waals surface area (Å²) in [6.07, 6.45) is 9.40. The molecule has 6 atom stereocenters. The molecule has 43 heavy (non-hydrogen) atoms. The number of hydrogen-bond acceptors (Lipinski definition) is 7. The fourth-order valence-electron chi connectivity index (χ4n) is 7.28. The minimum atomic E-state index is -1.69. The predicted octanol–water partition coefficient (Wildman–Crippen LogP) is 7.04. The van der Waals surface area contributed by atoms with Crippen molar-refractivity contribution in [3.8, 4) is 5.75 Å². The van der Waals surface area contributed by atoms with Gasteiger partial charge in [0.15, 0.2) is 0 Å². The molecule has 7 nitrogen and oxygen atoms in total. The Morgan fingerprint density at radius 1 is 1.19 bits per heavy atom. The van der Waals surface area contributed by atoms with Crippen LogP contribution in [0, 0.1) is 17.8 Å². The molecule has 4 aliphatic rings. The molecule has 0 saturated heterocycles. The van der Waals surface area contributed by atoms with E-state index in [-0.39, 0.29) is 34.6 Å². The van der Waals surface area contributed by atoms with Gasteiger partial charge in [-0.15, -0.1) is 0 Å². The molecule has 9 heteroatoms. The molecule has 1 unspecified atom stereocenters. The van der Waals surface area contributed by atoms with Crippen LogP contribution in [0.25, 0.3) is 0 Å². The van der Waals surface area contributed by atoms with Crippen molar-refractivity contribution in [2.45, 2.75) is 76.1 Å². The molecule has 0 aromatic heterocycles. The van der Waals surface area contributed by atoms with Crippen molar-refractivity contribution in [1.29, 1.82) is 0 Å². The van der Waals surface area contributed by atoms with Crippen LogP contribution in [0.1, 0.15) is 74.4 Å². The molecule has 1 spiro atoms. The number of amides is 1. The minimum absolute atomic E-state index is 0.0251. The average molecular weight is 624 g/mol. The van der Waals surface area contributed by atoms with Crippen molar-refractivity contribution in [3.05, 3.63) is 70.3 Å². The number of benzene rings is 2. The number of halogens is 1. The van der Waals surface area contributed by atoms with Crippen molar-refractivity contribution in [2.75, 3.05) is 24.6 Å². The number of fused-ring (bicyclic) bond motifs is 4. The summed E-state index contributed by atoms with van der Waals surface area (Å²) in [6, 6.07) is 11.7. The number of aryl methyl sites for hydroxylation is 1. The fourth-order valence-corrected chi connectivity index (χ4v) is 8.42. The second-order valence-electron chi connectivity index (χ2n) is 12.9. The lowest BCUT2D eigenvalue weighted by Crippen LogP contribution is -2.49. The molecule has 1 amide bonds. The molecule has 1 saturated carbocycles. The second kappa shape index (κ2) is 12.3. The van der Waals surface area contributed by atoms with Crippen molar-refractivity contribution in [3.63, 3.8) is 0 Å². The molecule has 0 N–H and O–H groups in total. The van der Waals surface area contributed by atoms with Crippen LogP contribution in [0.3, 0.4) is 0 Å². The van der Waals surface area contributed by atoms with Crippen molar-refractivity contribution >= 4 is 39.8 Å². The van der Waals surface area contributed by atoms with E-state index in [2.05, 4.69) is 21.4 Å². The first kappa shape index (κ1) is 30.2. The van der Waals surface area contributed by atoms with E-state index < -0.39 is 16.5 Å². The Bertz CT molecular complexity index is 1530. The number of carbonyl (C=O) groups is 2. The average Bonchev–Trinajstić information content (AvgIpc) is 3.10. The topological polar surface area (TPSA) is 85.3 Å². The lowest BCUT2D eigenvalue weighted by molar-refractivity contribution is -0.149. The number of carbonyl (C=O) groups excluding carboxylic acids is 2. The third-order valence-electron chi connectivity index (χ3n) is 10.1. The number of ether oxygens (including phenoxy) is 2. The van der Waals surface area contributed by atoms with Gasteiger partial charge in [0.1, 0.15) is 11.9 Å². The Morgan fingerprint density at radius 2 is 2.02 bits per heavy atom. The van der Waals surface area contributed by atoms with Gasteiger partial charge < -0.3 is 22.9 Å². The number of nitrogens with zero attached hydrogens (tertiary/aromatic N) is 2. The zero-order valence-corrected chi connectivity index (χ0v) is 26.7. The first-order chi connectivity index (χ1) is 20.6. The van der Waals surface area contributed by atoms with Crippen LogP contribution < -0.4 is 9.64 Å². The molecule has 230 valence electrons. The number of allylic oxidation sites excluding steroid dienone is 1. The van der Waals surface area contributed by atoms with Crippen molar-refractivity contribution < 1.29 is 23.3 Å². The van der Waals surface area contributed by atoms with Gasteiger partial charge in [0.25, 0.3) is 5.91 Å². The molecule has 2 aliphatic heterocycles. The van der Waals surface area contributed by atoms with Crippen LogP contribution in [0.15, 0.2) is 52.9 Å². The Labute approximate surface area is 261 Å². The number of esters is 1. The van der Waals surface area contributed by atoms with Gasteiger partial charge >= 0.3 is 5.97 Å². The molecule has 6 rings (SSSR count). The lowest BCUT2D eigenvalue weighted by Gasteiger charge is -2.46. The summed E-state index contributed by atoms with van der Waals surface area (Å²) in [6.45, 7) is 7.32. The minimum Gasteiger partial charge on any atom is -0.490 e. The number of anilines is 1. The van der Waals surface area contributed by atoms with E-state index >= 15 is 0 Å². The summed E-state index contributed by atoms with van der Waals surface area (Å²) in [4.78, 5) is 27.8. The van der Waals surface area contributed by atoms with Crippen LogP contribution in [0.5, 0.6) is 5.75 Å². The molecule has 2 bridgehead atoms. The second-order valence-corrected chi connectivity index (χ2v) is 14.8. The number of rotatable bonds is 1. The van der Waals surface area contributed by atoms with E-state index in [0.717, 1.165) is 61.7 Å². The van der Waals surface area contributed by atoms with Gasteiger partial charge in [0.05, 0.1) is 12.3 Å². The highest BCUT2D eigenvalue weighted by Crippen LogP contribution is 2.47. The van der Waals surface area contributed by atoms with Gasteiger partial charge in [-0.05, 0) is 92.0 Å². The highest BCUT2D eigenvalue weighted by molar-refractivity contribution is 7.75. The maximum atomic E-state index is 13.3. The Kier molecular flexibility index (Phi) is 8.62. The van der Waals surface area contributed by atoms with Crippen LogP contribution in [-0.4, -0.2) is 42.9 Å². The maximum Gasteiger partial charge on any atom is 0.303 e. The van der Waals surface area contributed by atoms with Gasteiger partial charge in [0, 0.05) is 41.9 Å². The SMILES string of the molecule is CC(=O)O[C@H]1/C=C/C[C@H](C)[C@@H](C)[S-](=O)=NC(=O)c2ccc3c(c2)N(CC2CC[C@H]21)C[C@@]1(CCCc2cc(Cl)ccc21)CO3. The molecule has 1 fully saturated rings. The molecule has 2 aromatic rings. The third kappa shape index (κ3) is 6.10. The highest BCUT2D eigenvalue weighted by atomic mass is 35.5. The first-order valence-electron chi connectivity index (χ1n) is 15.4. The third-order valence-corrected chi connectivity index (χ3v) is 11.7. The van der Waals surface area contributed by atoms with E-state index in [1.807, 2.05) is 44.2 Å². The highest BCUT2D eigenvalue weighted by Gasteiger charge is 2.44. The summed E-state index contributed by atoms with van der Waals surface area (Å²) >= 11 is 6.41. The van der Waals surface area contributed by atoms with E-state index in [9.17, 15) is 13.8 Å². The van der Waals surface area contributed by atoms with Gasteiger partial charge in [-0.3, -0.25) is 9.59 Å². The van der Waals surface area contributed by atoms with Crippen LogP contribution in [-0.2, 0) is 36.2 Å². The van der Waals surface area contributed by atoms with Gasteiger partial charge in [-0.1, -0.05) is 48.8 Å². The molecule has 2 heterocycles. The zero-order valence-electron chi connectivity index (χ0n) is 25.1. The van der Waals surface area contributed by atoms with E-state index in [0.29, 0.717) is 24.5 Å². The summed E-state index contributed by atoms with van der Waals surface area (Å²) in [5.41, 5.74) is 3.56. The van der Waals surface area contributed by atoms with Gasteiger partial charge in [0.2, 0.25) is 0 Å². The van der Waals surface area contributed by atoms with E-state index in [1.165, 1.54) is 18.1 Å². The van der Waals surface area contributed by atoms with Crippen LogP contribution >= 0.6 is 11.6 Å². The Hall–Kier alpha value is -2.84. The summed E-state index contributed by atoms with van der Waals surface area (Å²) < 4.78 is 29.7. The van der Waals surface area contributed by atoms with E-state index in [1.54, 1.807) is 6.07 Å². The van der Waals surface area contributed by atoms with Gasteiger partial charge in [-0.2, -0.15) is 10.6 Å². The van der Waals surface area contributed by atoms with Crippen LogP contribution in [0.4, 0.5) is 5.69 Å². The molecular formula is C34H40ClN2O5S-. The largest absolute Gasteiger partial charge is 0.490 e. The normalized spacial score (nSPS) is 31.9. The zero-order chi connectivity index (χ0) is 30.3. The predicted molar refractivity (Wildman–Crippen MR) is 169 cm³/mol. The van der Waals surface area contributed by atoms with Crippen molar-refractivity contribution in [2.24, 2.45) is 22.1 Å². The first-order valence-corrected chi connectivity index (χ1v) is 17.0. The molecule has 2 aliphatic carbocycles. The monoisotopic (exact) mass is 623 g/mol. The summed E-state index contributed by atoms with van der Waals surface area (Å²) in [5.74, 6) is 0.477. The molecule has 0 radical (unpaired) electrons. The fraction of sp³-hybridized carbons (Fsp3) is 0.529. The quantitative estimate of drug-likeness (QED) is 0.192. The maximum absolute atomic E-state index is 13.3. The Morgan fingerprint density at radius 3 is 2.79 bits per heavy atom.